The smallest absolute Gasteiger partial charge is 0.180 e. The number of rotatable bonds is 1. The average Bonchev–Trinajstić information content (AvgIpc) is 2.14. The molecule has 0 saturated carbocycles. The lowest BCUT2D eigenvalue weighted by Gasteiger charge is -1.95. The molecule has 0 bridgehead atoms. The van der Waals surface area contributed by atoms with Gasteiger partial charge in [-0.2, -0.15) is 0 Å². The van der Waals surface area contributed by atoms with Gasteiger partial charge in [-0.05, 0) is 0 Å². The van der Waals surface area contributed by atoms with Crippen LogP contribution in [0.3, 0.4) is 0 Å². The van der Waals surface area contributed by atoms with E-state index >= 15 is 0 Å². The van der Waals surface area contributed by atoms with Gasteiger partial charge in [-0.15, -0.1) is 0 Å². The van der Waals surface area contributed by atoms with Crippen LogP contribution in [0.25, 0.3) is 0 Å². The highest BCUT2D eigenvalue weighted by atomic mass is 16.5. The van der Waals surface area contributed by atoms with E-state index in [0.29, 0.717) is 12.5 Å². The number of hydrogen-bond donors (Lipinski definition) is 1. The standard InChI is InChI=1S/C5H9NO2/c1-4-6-5(2-7)3-8-4/h5,7H,2-3H2,1H3/t5-/m1/s1. The van der Waals surface area contributed by atoms with Crippen LogP contribution in [-0.2, 0) is 4.74 Å². The first-order valence-corrected chi connectivity index (χ1v) is 2.61. The fourth-order valence-corrected chi connectivity index (χ4v) is 0.642. The maximum atomic E-state index is 8.50. The van der Waals surface area contributed by atoms with Gasteiger partial charge in [-0.25, -0.2) is 4.99 Å². The molecule has 0 aliphatic carbocycles. The number of aliphatic hydroxyl groups is 1. The zero-order valence-electron chi connectivity index (χ0n) is 4.79. The normalized spacial score (nSPS) is 27.2. The lowest BCUT2D eigenvalue weighted by atomic mass is 10.4. The molecule has 1 rings (SSSR count). The Labute approximate surface area is 48.0 Å². The summed E-state index contributed by atoms with van der Waals surface area (Å²) in [6.07, 6.45) is 0. The molecule has 0 fully saturated rings. The number of aliphatic imine (C=N–C) groups is 1. The molecule has 0 aromatic carbocycles. The van der Waals surface area contributed by atoms with Crippen LogP contribution < -0.4 is 0 Å². The van der Waals surface area contributed by atoms with E-state index in [1.165, 1.54) is 0 Å². The van der Waals surface area contributed by atoms with Gasteiger partial charge >= 0.3 is 0 Å². The monoisotopic (exact) mass is 115 g/mol. The molecule has 3 heteroatoms. The lowest BCUT2D eigenvalue weighted by molar-refractivity contribution is 0.227. The maximum Gasteiger partial charge on any atom is 0.180 e. The molecule has 1 N–H and O–H groups in total. The molecular formula is C5H9NO2. The molecule has 8 heavy (non-hydrogen) atoms. The topological polar surface area (TPSA) is 41.8 Å². The maximum absolute atomic E-state index is 8.50. The molecule has 1 heterocycles. The molecule has 1 atom stereocenters. The second-order valence-electron chi connectivity index (χ2n) is 1.80. The van der Waals surface area contributed by atoms with E-state index in [2.05, 4.69) is 4.99 Å². The number of hydrogen-bond acceptors (Lipinski definition) is 3. The van der Waals surface area contributed by atoms with Crippen LogP contribution in [0, 0.1) is 0 Å². The first-order valence-electron chi connectivity index (χ1n) is 2.61. The molecule has 0 aromatic heterocycles. The predicted molar refractivity (Wildman–Crippen MR) is 29.9 cm³/mol. The van der Waals surface area contributed by atoms with Crippen LogP contribution in [0.5, 0.6) is 0 Å². The highest BCUT2D eigenvalue weighted by Gasteiger charge is 2.13. The molecule has 0 unspecified atom stereocenters. The summed E-state index contributed by atoms with van der Waals surface area (Å²) in [7, 11) is 0. The van der Waals surface area contributed by atoms with Gasteiger partial charge in [0.1, 0.15) is 12.6 Å². The van der Waals surface area contributed by atoms with Gasteiger partial charge in [0.25, 0.3) is 0 Å². The second kappa shape index (κ2) is 2.13. The molecule has 0 aromatic rings. The van der Waals surface area contributed by atoms with Crippen molar-refractivity contribution in [2.75, 3.05) is 13.2 Å². The minimum atomic E-state index is -0.00463. The Kier molecular flexibility index (Phi) is 1.48. The van der Waals surface area contributed by atoms with Crippen molar-refractivity contribution in [1.82, 2.24) is 0 Å². The van der Waals surface area contributed by atoms with Gasteiger partial charge in [-0.1, -0.05) is 0 Å². The number of nitrogens with zero attached hydrogens (tertiary/aromatic N) is 1. The van der Waals surface area contributed by atoms with E-state index in [9.17, 15) is 0 Å². The molecule has 1 aliphatic rings. The van der Waals surface area contributed by atoms with Crippen LogP contribution in [0.1, 0.15) is 6.92 Å². The Morgan fingerprint density at radius 1 is 2.00 bits per heavy atom. The van der Waals surface area contributed by atoms with Crippen molar-refractivity contribution in [2.45, 2.75) is 13.0 Å². The summed E-state index contributed by atoms with van der Waals surface area (Å²) in [5.41, 5.74) is 0. The minimum absolute atomic E-state index is 0.00463. The third-order valence-corrected chi connectivity index (χ3v) is 1.06. The second-order valence-corrected chi connectivity index (χ2v) is 1.80. The highest BCUT2D eigenvalue weighted by molar-refractivity contribution is 5.74. The zero-order chi connectivity index (χ0) is 5.98. The summed E-state index contributed by atoms with van der Waals surface area (Å²) in [5, 5.41) is 8.50. The van der Waals surface area contributed by atoms with Gasteiger partial charge in [0.2, 0.25) is 0 Å². The minimum Gasteiger partial charge on any atom is -0.479 e. The number of ether oxygens (including phenoxy) is 1. The third-order valence-electron chi connectivity index (χ3n) is 1.06. The summed E-state index contributed by atoms with van der Waals surface area (Å²) in [5.74, 6) is 0.684. The molecule has 0 radical (unpaired) electrons. The van der Waals surface area contributed by atoms with Crippen molar-refractivity contribution in [1.29, 1.82) is 0 Å². The van der Waals surface area contributed by atoms with E-state index in [1.54, 1.807) is 6.92 Å². The first kappa shape index (κ1) is 5.56. The lowest BCUT2D eigenvalue weighted by Crippen LogP contribution is -2.10. The van der Waals surface area contributed by atoms with Crippen LogP contribution >= 0.6 is 0 Å². The predicted octanol–water partition coefficient (Wildman–Crippen LogP) is -0.204. The molecule has 3 nitrogen and oxygen atoms in total. The van der Waals surface area contributed by atoms with Gasteiger partial charge in [-0.3, -0.25) is 0 Å². The van der Waals surface area contributed by atoms with Crippen molar-refractivity contribution in [3.8, 4) is 0 Å². The zero-order valence-corrected chi connectivity index (χ0v) is 4.79. The Balaban J connectivity index is 2.41. The van der Waals surface area contributed by atoms with Crippen molar-refractivity contribution < 1.29 is 9.84 Å². The largest absolute Gasteiger partial charge is 0.479 e. The van der Waals surface area contributed by atoms with Gasteiger partial charge in [0, 0.05) is 6.92 Å². The fourth-order valence-electron chi connectivity index (χ4n) is 0.642. The highest BCUT2D eigenvalue weighted by Crippen LogP contribution is 2.01. The van der Waals surface area contributed by atoms with E-state index in [-0.39, 0.29) is 12.6 Å². The van der Waals surface area contributed by atoms with Crippen molar-refractivity contribution >= 4 is 5.90 Å². The summed E-state index contributed by atoms with van der Waals surface area (Å²) < 4.78 is 4.95. The van der Waals surface area contributed by atoms with Crippen LogP contribution in [-0.4, -0.2) is 30.3 Å². The molecule has 0 amide bonds. The quantitative estimate of drug-likeness (QED) is 0.514. The van der Waals surface area contributed by atoms with Crippen LogP contribution in [0.15, 0.2) is 4.99 Å². The van der Waals surface area contributed by atoms with Crippen molar-refractivity contribution in [3.63, 3.8) is 0 Å². The average molecular weight is 115 g/mol. The van der Waals surface area contributed by atoms with Crippen LogP contribution in [0.2, 0.25) is 0 Å². The molecule has 46 valence electrons. The Morgan fingerprint density at radius 3 is 3.00 bits per heavy atom. The third kappa shape index (κ3) is 0.980. The summed E-state index contributed by atoms with van der Waals surface area (Å²) >= 11 is 0. The number of aliphatic hydroxyl groups excluding tert-OH is 1. The first-order chi connectivity index (χ1) is 3.83. The van der Waals surface area contributed by atoms with Crippen molar-refractivity contribution in [3.05, 3.63) is 0 Å². The van der Waals surface area contributed by atoms with E-state index in [1.807, 2.05) is 0 Å². The summed E-state index contributed by atoms with van der Waals surface area (Å²) in [6.45, 7) is 2.43. The van der Waals surface area contributed by atoms with E-state index in [4.69, 9.17) is 9.84 Å². The fraction of sp³-hybridized carbons (Fsp3) is 0.800. The van der Waals surface area contributed by atoms with Crippen molar-refractivity contribution in [2.24, 2.45) is 4.99 Å². The Bertz CT molecular complexity index is 111. The molecular weight excluding hydrogens is 106 g/mol. The summed E-state index contributed by atoms with van der Waals surface area (Å²) in [4.78, 5) is 3.95. The summed E-state index contributed by atoms with van der Waals surface area (Å²) in [6, 6.07) is -0.00463. The Hall–Kier alpha value is -0.570. The molecule has 0 saturated heterocycles. The van der Waals surface area contributed by atoms with Gasteiger partial charge < -0.3 is 9.84 Å². The van der Waals surface area contributed by atoms with Gasteiger partial charge in [0.15, 0.2) is 5.90 Å². The van der Waals surface area contributed by atoms with Crippen LogP contribution in [0.4, 0.5) is 0 Å². The van der Waals surface area contributed by atoms with Gasteiger partial charge in [0.05, 0.1) is 6.61 Å². The van der Waals surface area contributed by atoms with E-state index in [0.717, 1.165) is 0 Å². The Morgan fingerprint density at radius 2 is 2.75 bits per heavy atom. The molecule has 1 aliphatic heterocycles. The molecule has 0 spiro atoms. The van der Waals surface area contributed by atoms with E-state index < -0.39 is 0 Å². The SMILES string of the molecule is CC1=N[C@H](CO)CO1.